The number of thiazole rings is 1. The predicted octanol–water partition coefficient (Wildman–Crippen LogP) is 3.90. The van der Waals surface area contributed by atoms with Crippen molar-refractivity contribution in [2.24, 2.45) is 0 Å². The summed E-state index contributed by atoms with van der Waals surface area (Å²) in [6.45, 7) is 2.95. The normalized spacial score (nSPS) is 10.4. The van der Waals surface area contributed by atoms with E-state index < -0.39 is 0 Å². The Kier molecular flexibility index (Phi) is 6.02. The first-order valence-corrected chi connectivity index (χ1v) is 7.95. The van der Waals surface area contributed by atoms with Crippen LogP contribution in [0.25, 0.3) is 0 Å². The first-order chi connectivity index (χ1) is 10.2. The molecule has 4 nitrogen and oxygen atoms in total. The Hall–Kier alpha value is -1.59. The second-order valence-electron chi connectivity index (χ2n) is 4.44. The van der Waals surface area contributed by atoms with E-state index in [1.807, 2.05) is 31.2 Å². The third-order valence-corrected chi connectivity index (χ3v) is 3.98. The number of aryl methyl sites for hydroxylation is 1. The zero-order valence-corrected chi connectivity index (χ0v) is 13.3. The van der Waals surface area contributed by atoms with Gasteiger partial charge in [-0.3, -0.25) is 4.79 Å². The van der Waals surface area contributed by atoms with E-state index in [0.29, 0.717) is 30.5 Å². The Morgan fingerprint density at radius 3 is 2.76 bits per heavy atom. The largest absolute Gasteiger partial charge is 0.466 e. The third kappa shape index (κ3) is 5.36. The molecule has 0 amide bonds. The second-order valence-corrected chi connectivity index (χ2v) is 6.13. The van der Waals surface area contributed by atoms with Crippen molar-refractivity contribution in [2.45, 2.75) is 26.3 Å². The number of halogens is 1. The number of anilines is 1. The van der Waals surface area contributed by atoms with E-state index in [9.17, 15) is 4.79 Å². The van der Waals surface area contributed by atoms with E-state index in [1.54, 1.807) is 6.20 Å². The number of ether oxygens (including phenoxy) is 1. The maximum Gasteiger partial charge on any atom is 0.306 e. The van der Waals surface area contributed by atoms with Crippen molar-refractivity contribution in [3.63, 3.8) is 0 Å². The van der Waals surface area contributed by atoms with Crippen molar-refractivity contribution in [3.05, 3.63) is 45.4 Å². The third-order valence-electron chi connectivity index (χ3n) is 2.87. The number of rotatable bonds is 7. The Morgan fingerprint density at radius 1 is 1.38 bits per heavy atom. The molecule has 0 atom stereocenters. The maximum absolute atomic E-state index is 11.3. The SMILES string of the molecule is CCOC(=O)CCc1ccc(NCc2cnc(Cl)s2)cc1. The second kappa shape index (κ2) is 8.00. The van der Waals surface area contributed by atoms with Gasteiger partial charge in [-0.1, -0.05) is 23.7 Å². The van der Waals surface area contributed by atoms with Crippen LogP contribution in [0.15, 0.2) is 30.5 Å². The van der Waals surface area contributed by atoms with Gasteiger partial charge in [-0.05, 0) is 31.0 Å². The average molecular weight is 325 g/mol. The number of carbonyl (C=O) groups excluding carboxylic acids is 1. The summed E-state index contributed by atoms with van der Waals surface area (Å²) in [5.41, 5.74) is 2.15. The smallest absolute Gasteiger partial charge is 0.306 e. The molecular weight excluding hydrogens is 308 g/mol. The molecule has 0 unspecified atom stereocenters. The molecule has 2 aromatic rings. The minimum absolute atomic E-state index is 0.151. The van der Waals surface area contributed by atoms with Gasteiger partial charge in [-0.15, -0.1) is 11.3 Å². The zero-order valence-electron chi connectivity index (χ0n) is 11.8. The van der Waals surface area contributed by atoms with Gasteiger partial charge in [0.15, 0.2) is 4.47 Å². The fourth-order valence-electron chi connectivity index (χ4n) is 1.82. The molecule has 1 aromatic heterocycles. The summed E-state index contributed by atoms with van der Waals surface area (Å²) in [7, 11) is 0. The molecule has 1 N–H and O–H groups in total. The summed E-state index contributed by atoms with van der Waals surface area (Å²) in [6.07, 6.45) is 2.89. The van der Waals surface area contributed by atoms with Crippen LogP contribution in [0.5, 0.6) is 0 Å². The Labute approximate surface area is 133 Å². The maximum atomic E-state index is 11.3. The highest BCUT2D eigenvalue weighted by Gasteiger charge is 2.03. The Balaban J connectivity index is 1.80. The molecule has 21 heavy (non-hydrogen) atoms. The van der Waals surface area contributed by atoms with Crippen LogP contribution in [0.1, 0.15) is 23.8 Å². The van der Waals surface area contributed by atoms with E-state index in [-0.39, 0.29) is 5.97 Å². The van der Waals surface area contributed by atoms with E-state index in [4.69, 9.17) is 16.3 Å². The highest BCUT2D eigenvalue weighted by Crippen LogP contribution is 2.19. The van der Waals surface area contributed by atoms with Gasteiger partial charge in [0, 0.05) is 23.2 Å². The molecule has 0 spiro atoms. The molecular formula is C15H17ClN2O2S. The number of benzene rings is 1. The number of aromatic nitrogens is 1. The molecule has 112 valence electrons. The quantitative estimate of drug-likeness (QED) is 0.785. The van der Waals surface area contributed by atoms with E-state index in [0.717, 1.165) is 16.1 Å². The topological polar surface area (TPSA) is 51.2 Å². The Morgan fingerprint density at radius 2 is 2.14 bits per heavy atom. The van der Waals surface area contributed by atoms with Crippen molar-refractivity contribution in [1.29, 1.82) is 0 Å². The van der Waals surface area contributed by atoms with Gasteiger partial charge in [-0.2, -0.15) is 0 Å². The van der Waals surface area contributed by atoms with Crippen LogP contribution in [0.2, 0.25) is 4.47 Å². The molecule has 0 aliphatic heterocycles. The van der Waals surface area contributed by atoms with Crippen molar-refractivity contribution in [1.82, 2.24) is 4.98 Å². The first-order valence-electron chi connectivity index (χ1n) is 6.76. The summed E-state index contributed by atoms with van der Waals surface area (Å²) >= 11 is 7.25. The van der Waals surface area contributed by atoms with Gasteiger partial charge in [0.2, 0.25) is 0 Å². The van der Waals surface area contributed by atoms with Crippen LogP contribution < -0.4 is 5.32 Å². The van der Waals surface area contributed by atoms with Gasteiger partial charge in [0.05, 0.1) is 13.2 Å². The molecule has 0 fully saturated rings. The first kappa shape index (κ1) is 15.8. The molecule has 6 heteroatoms. The van der Waals surface area contributed by atoms with Crippen LogP contribution in [0, 0.1) is 0 Å². The number of carbonyl (C=O) groups is 1. The van der Waals surface area contributed by atoms with Gasteiger partial charge < -0.3 is 10.1 Å². The molecule has 2 rings (SSSR count). The van der Waals surface area contributed by atoms with Crippen molar-refractivity contribution < 1.29 is 9.53 Å². The molecule has 0 saturated carbocycles. The number of hydrogen-bond acceptors (Lipinski definition) is 5. The minimum atomic E-state index is -0.151. The zero-order chi connectivity index (χ0) is 15.1. The minimum Gasteiger partial charge on any atom is -0.466 e. The van der Waals surface area contributed by atoms with Gasteiger partial charge >= 0.3 is 5.97 Å². The molecule has 0 radical (unpaired) electrons. The molecule has 1 aromatic carbocycles. The standard InChI is InChI=1S/C15H17ClN2O2S/c1-2-20-14(19)8-5-11-3-6-12(7-4-11)17-9-13-10-18-15(16)21-13/h3-4,6-7,10,17H,2,5,8-9H2,1H3. The van der Waals surface area contributed by atoms with Crippen molar-refractivity contribution in [3.8, 4) is 0 Å². The van der Waals surface area contributed by atoms with Crippen LogP contribution in [-0.2, 0) is 22.5 Å². The summed E-state index contributed by atoms with van der Waals surface area (Å²) in [4.78, 5) is 16.4. The lowest BCUT2D eigenvalue weighted by molar-refractivity contribution is -0.143. The number of esters is 1. The molecule has 0 saturated heterocycles. The van der Waals surface area contributed by atoms with Crippen LogP contribution in [0.3, 0.4) is 0 Å². The summed E-state index contributed by atoms with van der Waals surface area (Å²) in [5, 5.41) is 3.31. The number of hydrogen-bond donors (Lipinski definition) is 1. The van der Waals surface area contributed by atoms with Crippen LogP contribution in [0.4, 0.5) is 5.69 Å². The predicted molar refractivity (Wildman–Crippen MR) is 85.8 cm³/mol. The van der Waals surface area contributed by atoms with E-state index in [1.165, 1.54) is 11.3 Å². The molecule has 0 aliphatic carbocycles. The molecule has 0 bridgehead atoms. The fourth-order valence-corrected chi connectivity index (χ4v) is 2.74. The van der Waals surface area contributed by atoms with Gasteiger partial charge in [0.25, 0.3) is 0 Å². The fraction of sp³-hybridized carbons (Fsp3) is 0.333. The summed E-state index contributed by atoms with van der Waals surface area (Å²) < 4.78 is 5.47. The van der Waals surface area contributed by atoms with Gasteiger partial charge in [-0.25, -0.2) is 4.98 Å². The lowest BCUT2D eigenvalue weighted by Crippen LogP contribution is -2.05. The highest BCUT2D eigenvalue weighted by molar-refractivity contribution is 7.15. The average Bonchev–Trinajstić information content (AvgIpc) is 2.90. The molecule has 1 heterocycles. The number of nitrogens with one attached hydrogen (secondary N) is 1. The van der Waals surface area contributed by atoms with E-state index in [2.05, 4.69) is 10.3 Å². The lowest BCUT2D eigenvalue weighted by Gasteiger charge is -2.06. The summed E-state index contributed by atoms with van der Waals surface area (Å²) in [5.74, 6) is -0.151. The monoisotopic (exact) mass is 324 g/mol. The lowest BCUT2D eigenvalue weighted by atomic mass is 10.1. The number of nitrogens with zero attached hydrogens (tertiary/aromatic N) is 1. The van der Waals surface area contributed by atoms with Crippen molar-refractivity contribution >= 4 is 34.6 Å². The molecule has 0 aliphatic rings. The van der Waals surface area contributed by atoms with E-state index >= 15 is 0 Å². The summed E-state index contributed by atoms with van der Waals surface area (Å²) in [6, 6.07) is 8.04. The van der Waals surface area contributed by atoms with Crippen LogP contribution in [-0.4, -0.2) is 17.6 Å². The van der Waals surface area contributed by atoms with Crippen molar-refractivity contribution in [2.75, 3.05) is 11.9 Å². The van der Waals surface area contributed by atoms with Gasteiger partial charge in [0.1, 0.15) is 0 Å². The van der Waals surface area contributed by atoms with Crippen LogP contribution >= 0.6 is 22.9 Å². The highest BCUT2D eigenvalue weighted by atomic mass is 35.5. The Bertz CT molecular complexity index is 584.